The van der Waals surface area contributed by atoms with Gasteiger partial charge in [0.2, 0.25) is 0 Å². The normalized spacial score (nSPS) is 17.4. The molecule has 0 bridgehead atoms. The predicted molar refractivity (Wildman–Crippen MR) is 118 cm³/mol. The number of fused-ring (bicyclic) bond motifs is 1. The topological polar surface area (TPSA) is 93.3 Å². The number of rotatable bonds is 4. The third-order valence-corrected chi connectivity index (χ3v) is 6.34. The maximum Gasteiger partial charge on any atom is 0.264 e. The average molecular weight is 426 g/mol. The fourth-order valence-corrected chi connectivity index (χ4v) is 4.54. The summed E-state index contributed by atoms with van der Waals surface area (Å²) in [5, 5.41) is 3.03. The molecule has 0 unspecified atom stereocenters. The van der Waals surface area contributed by atoms with Gasteiger partial charge < -0.3 is 19.8 Å². The van der Waals surface area contributed by atoms with Crippen LogP contribution in [0.4, 0.5) is 0 Å². The minimum atomic E-state index is -0.394. The van der Waals surface area contributed by atoms with Gasteiger partial charge in [0.25, 0.3) is 11.5 Å². The number of amides is 1. The highest BCUT2D eigenvalue weighted by Gasteiger charge is 2.37. The van der Waals surface area contributed by atoms with Gasteiger partial charge in [-0.1, -0.05) is 39.7 Å². The SMILES string of the molecule is Cc1nc(C(C)(C)C)[nH]c(=O)c1C(=O)NCC1(c2ccc3c(c2)OCCO3)CCCC1. The number of ether oxygens (including phenoxy) is 2. The van der Waals surface area contributed by atoms with Crippen molar-refractivity contribution in [3.8, 4) is 11.5 Å². The number of aromatic amines is 1. The molecule has 0 spiro atoms. The quantitative estimate of drug-likeness (QED) is 0.783. The van der Waals surface area contributed by atoms with Crippen LogP contribution >= 0.6 is 0 Å². The van der Waals surface area contributed by atoms with Crippen LogP contribution in [0.15, 0.2) is 23.0 Å². The molecule has 2 heterocycles. The maximum atomic E-state index is 13.0. The van der Waals surface area contributed by atoms with Crippen molar-refractivity contribution in [2.45, 2.75) is 64.2 Å². The van der Waals surface area contributed by atoms with Gasteiger partial charge in [-0.05, 0) is 37.5 Å². The van der Waals surface area contributed by atoms with Crippen molar-refractivity contribution in [1.29, 1.82) is 0 Å². The second-order valence-electron chi connectivity index (χ2n) is 9.65. The van der Waals surface area contributed by atoms with Crippen LogP contribution in [-0.4, -0.2) is 35.6 Å². The molecular weight excluding hydrogens is 394 g/mol. The monoisotopic (exact) mass is 425 g/mol. The molecule has 1 aliphatic carbocycles. The molecule has 1 aliphatic heterocycles. The Morgan fingerprint density at radius 2 is 1.84 bits per heavy atom. The number of carbonyl (C=O) groups excluding carboxylic acids is 1. The third kappa shape index (κ3) is 4.18. The highest BCUT2D eigenvalue weighted by Crippen LogP contribution is 2.43. The lowest BCUT2D eigenvalue weighted by Crippen LogP contribution is -2.41. The maximum absolute atomic E-state index is 13.0. The van der Waals surface area contributed by atoms with E-state index in [1.54, 1.807) is 6.92 Å². The van der Waals surface area contributed by atoms with Crippen molar-refractivity contribution in [3.05, 3.63) is 51.2 Å². The van der Waals surface area contributed by atoms with Crippen molar-refractivity contribution in [1.82, 2.24) is 15.3 Å². The van der Waals surface area contributed by atoms with E-state index in [2.05, 4.69) is 21.4 Å². The van der Waals surface area contributed by atoms with Gasteiger partial charge in [-0.2, -0.15) is 0 Å². The summed E-state index contributed by atoms with van der Waals surface area (Å²) in [4.78, 5) is 32.9. The molecular formula is C24H31N3O4. The highest BCUT2D eigenvalue weighted by molar-refractivity contribution is 5.94. The number of H-pyrrole nitrogens is 1. The molecule has 1 amide bonds. The van der Waals surface area contributed by atoms with Crippen LogP contribution in [-0.2, 0) is 10.8 Å². The lowest BCUT2D eigenvalue weighted by molar-refractivity contribution is 0.0940. The summed E-state index contributed by atoms with van der Waals surface area (Å²) in [5.74, 6) is 1.72. The summed E-state index contributed by atoms with van der Waals surface area (Å²) in [5.41, 5.74) is 0.807. The zero-order valence-electron chi connectivity index (χ0n) is 18.8. The first-order valence-electron chi connectivity index (χ1n) is 11.0. The minimum absolute atomic E-state index is 0.0864. The number of hydrogen-bond acceptors (Lipinski definition) is 5. The number of nitrogens with one attached hydrogen (secondary N) is 2. The van der Waals surface area contributed by atoms with Crippen molar-refractivity contribution in [2.75, 3.05) is 19.8 Å². The molecule has 1 aromatic carbocycles. The molecule has 0 radical (unpaired) electrons. The summed E-state index contributed by atoms with van der Waals surface area (Å²) in [6, 6.07) is 6.07. The molecule has 1 saturated carbocycles. The zero-order valence-corrected chi connectivity index (χ0v) is 18.8. The summed E-state index contributed by atoms with van der Waals surface area (Å²) in [6.07, 6.45) is 4.16. The van der Waals surface area contributed by atoms with Gasteiger partial charge in [-0.25, -0.2) is 4.98 Å². The predicted octanol–water partition coefficient (Wildman–Crippen LogP) is 3.39. The largest absolute Gasteiger partial charge is 0.486 e. The average Bonchev–Trinajstić information content (AvgIpc) is 3.21. The standard InChI is InChI=1S/C24H31N3O4/c1-15-19(21(29)27-22(26-15)23(2,3)4)20(28)25-14-24(9-5-6-10-24)16-7-8-17-18(13-16)31-12-11-30-17/h7-8,13H,5-6,9-12,14H2,1-4H3,(H,25,28)(H,26,27,29). The summed E-state index contributed by atoms with van der Waals surface area (Å²) >= 11 is 0. The van der Waals surface area contributed by atoms with Gasteiger partial charge in [-0.15, -0.1) is 0 Å². The number of benzene rings is 1. The molecule has 0 saturated heterocycles. The van der Waals surface area contributed by atoms with E-state index in [0.29, 0.717) is 31.3 Å². The summed E-state index contributed by atoms with van der Waals surface area (Å²) in [6.45, 7) is 9.20. The van der Waals surface area contributed by atoms with Gasteiger partial charge in [0.05, 0.1) is 5.69 Å². The number of aromatic nitrogens is 2. The Labute approximate surface area is 182 Å². The first-order chi connectivity index (χ1) is 14.7. The van der Waals surface area contributed by atoms with E-state index in [1.165, 1.54) is 0 Å². The van der Waals surface area contributed by atoms with Crippen LogP contribution in [0.25, 0.3) is 0 Å². The molecule has 31 heavy (non-hydrogen) atoms. The van der Waals surface area contributed by atoms with Crippen LogP contribution in [0.3, 0.4) is 0 Å². The van der Waals surface area contributed by atoms with Crippen LogP contribution in [0.1, 0.15) is 73.9 Å². The molecule has 1 aromatic heterocycles. The minimum Gasteiger partial charge on any atom is -0.486 e. The summed E-state index contributed by atoms with van der Waals surface area (Å²) < 4.78 is 11.4. The fraction of sp³-hybridized carbons (Fsp3) is 0.542. The first-order valence-corrected chi connectivity index (χ1v) is 11.0. The van der Waals surface area contributed by atoms with Crippen LogP contribution < -0.4 is 20.3 Å². The van der Waals surface area contributed by atoms with E-state index in [0.717, 1.165) is 42.7 Å². The molecule has 2 N–H and O–H groups in total. The van der Waals surface area contributed by atoms with Crippen LogP contribution in [0, 0.1) is 6.92 Å². The Hall–Kier alpha value is -2.83. The van der Waals surface area contributed by atoms with Crippen LogP contribution in [0.5, 0.6) is 11.5 Å². The highest BCUT2D eigenvalue weighted by atomic mass is 16.6. The van der Waals surface area contributed by atoms with Gasteiger partial charge in [0, 0.05) is 17.4 Å². The van der Waals surface area contributed by atoms with E-state index < -0.39 is 5.56 Å². The van der Waals surface area contributed by atoms with Crippen LogP contribution in [0.2, 0.25) is 0 Å². The Morgan fingerprint density at radius 1 is 1.16 bits per heavy atom. The van der Waals surface area contributed by atoms with E-state index in [4.69, 9.17) is 9.47 Å². The zero-order chi connectivity index (χ0) is 22.2. The number of carbonyl (C=O) groups is 1. The Bertz CT molecular complexity index is 1050. The van der Waals surface area contributed by atoms with Gasteiger partial charge in [-0.3, -0.25) is 9.59 Å². The number of aryl methyl sites for hydroxylation is 1. The Balaban J connectivity index is 1.57. The van der Waals surface area contributed by atoms with E-state index >= 15 is 0 Å². The van der Waals surface area contributed by atoms with Gasteiger partial charge >= 0.3 is 0 Å². The first kappa shape index (κ1) is 21.4. The molecule has 7 heteroatoms. The van der Waals surface area contributed by atoms with Gasteiger partial charge in [0.1, 0.15) is 24.6 Å². The summed E-state index contributed by atoms with van der Waals surface area (Å²) in [7, 11) is 0. The number of hydrogen-bond donors (Lipinski definition) is 2. The molecule has 0 atom stereocenters. The second-order valence-corrected chi connectivity index (χ2v) is 9.65. The Kier molecular flexibility index (Phi) is 5.54. The molecule has 4 rings (SSSR count). The lowest BCUT2D eigenvalue weighted by atomic mass is 9.78. The van der Waals surface area contributed by atoms with Crippen molar-refractivity contribution < 1.29 is 14.3 Å². The second kappa shape index (κ2) is 8.02. The van der Waals surface area contributed by atoms with Gasteiger partial charge in [0.15, 0.2) is 11.5 Å². The van der Waals surface area contributed by atoms with E-state index in [-0.39, 0.29) is 22.3 Å². The molecule has 166 valence electrons. The smallest absolute Gasteiger partial charge is 0.264 e. The number of nitrogens with zero attached hydrogens (tertiary/aromatic N) is 1. The Morgan fingerprint density at radius 3 is 2.48 bits per heavy atom. The van der Waals surface area contributed by atoms with Crippen molar-refractivity contribution >= 4 is 5.91 Å². The molecule has 2 aliphatic rings. The molecule has 1 fully saturated rings. The molecule has 7 nitrogen and oxygen atoms in total. The fourth-order valence-electron chi connectivity index (χ4n) is 4.54. The molecule has 2 aromatic rings. The third-order valence-electron chi connectivity index (χ3n) is 6.34. The van der Waals surface area contributed by atoms with Crippen molar-refractivity contribution in [3.63, 3.8) is 0 Å². The lowest BCUT2D eigenvalue weighted by Gasteiger charge is -2.31. The van der Waals surface area contributed by atoms with E-state index in [9.17, 15) is 9.59 Å². The van der Waals surface area contributed by atoms with Crippen molar-refractivity contribution in [2.24, 2.45) is 0 Å². The van der Waals surface area contributed by atoms with E-state index in [1.807, 2.05) is 32.9 Å².